The quantitative estimate of drug-likeness (QED) is 0.680. The summed E-state index contributed by atoms with van der Waals surface area (Å²) in [5.74, 6) is -0.227. The minimum Gasteiger partial charge on any atom is -0.507 e. The fourth-order valence-electron chi connectivity index (χ4n) is 4.23. The van der Waals surface area contributed by atoms with Gasteiger partial charge in [0.2, 0.25) is 5.91 Å². The summed E-state index contributed by atoms with van der Waals surface area (Å²) in [6, 6.07) is 9.14. The molecule has 2 heterocycles. The van der Waals surface area contributed by atoms with Crippen molar-refractivity contribution < 1.29 is 19.5 Å². The van der Waals surface area contributed by atoms with E-state index in [1.165, 1.54) is 0 Å². The standard InChI is InChI=1S/C24H24N2O4S/c1-5-26-18-11-15(13(2)8-17(18)24(3,4)12-21(26)28)16-9-14(6-7-19(16)27)10-20-22(29)25-23(30)31-20/h6-11,27H,5,12H2,1-4H3,(H,25,29,30)/b20-10-. The molecule has 0 atom stereocenters. The Labute approximate surface area is 185 Å². The minimum absolute atomic E-state index is 0.0893. The van der Waals surface area contributed by atoms with E-state index in [4.69, 9.17) is 0 Å². The molecule has 1 fully saturated rings. The van der Waals surface area contributed by atoms with E-state index < -0.39 is 11.1 Å². The Kier molecular flexibility index (Phi) is 5.17. The summed E-state index contributed by atoms with van der Waals surface area (Å²) in [6.07, 6.45) is 2.09. The molecule has 3 amide bonds. The second-order valence-corrected chi connectivity index (χ2v) is 9.53. The van der Waals surface area contributed by atoms with Crippen LogP contribution in [-0.4, -0.2) is 28.7 Å². The number of imide groups is 1. The number of carbonyl (C=O) groups is 3. The van der Waals surface area contributed by atoms with Crippen LogP contribution in [0, 0.1) is 6.92 Å². The number of benzene rings is 2. The predicted octanol–water partition coefficient (Wildman–Crippen LogP) is 4.73. The van der Waals surface area contributed by atoms with Gasteiger partial charge in [-0.05, 0) is 72.1 Å². The number of nitrogens with one attached hydrogen (secondary N) is 1. The van der Waals surface area contributed by atoms with Gasteiger partial charge in [0.25, 0.3) is 11.1 Å². The minimum atomic E-state index is -0.422. The first-order valence-electron chi connectivity index (χ1n) is 10.1. The molecule has 0 unspecified atom stereocenters. The van der Waals surface area contributed by atoms with Crippen molar-refractivity contribution in [2.24, 2.45) is 0 Å². The lowest BCUT2D eigenvalue weighted by Crippen LogP contribution is -2.41. The van der Waals surface area contributed by atoms with Gasteiger partial charge in [-0.2, -0.15) is 0 Å². The van der Waals surface area contributed by atoms with Crippen LogP contribution < -0.4 is 10.2 Å². The summed E-state index contributed by atoms with van der Waals surface area (Å²) >= 11 is 0.854. The number of aromatic hydroxyl groups is 1. The molecular formula is C24H24N2O4S. The van der Waals surface area contributed by atoms with Crippen molar-refractivity contribution >= 4 is 40.6 Å². The number of aryl methyl sites for hydroxylation is 1. The Hall–Kier alpha value is -3.06. The van der Waals surface area contributed by atoms with Gasteiger partial charge in [-0.25, -0.2) is 0 Å². The molecule has 2 aliphatic heterocycles. The van der Waals surface area contributed by atoms with Crippen LogP contribution in [0.5, 0.6) is 5.75 Å². The number of hydrogen-bond acceptors (Lipinski definition) is 5. The molecule has 1 saturated heterocycles. The van der Waals surface area contributed by atoms with Crippen LogP contribution in [0.1, 0.15) is 43.9 Å². The van der Waals surface area contributed by atoms with Crippen molar-refractivity contribution in [3.63, 3.8) is 0 Å². The van der Waals surface area contributed by atoms with E-state index in [2.05, 4.69) is 25.2 Å². The maximum atomic E-state index is 12.7. The maximum Gasteiger partial charge on any atom is 0.290 e. The van der Waals surface area contributed by atoms with Crippen molar-refractivity contribution in [2.45, 2.75) is 39.5 Å². The zero-order chi connectivity index (χ0) is 22.5. The zero-order valence-electron chi connectivity index (χ0n) is 17.9. The van der Waals surface area contributed by atoms with Gasteiger partial charge in [0.15, 0.2) is 0 Å². The van der Waals surface area contributed by atoms with Crippen molar-refractivity contribution in [1.82, 2.24) is 5.32 Å². The van der Waals surface area contributed by atoms with E-state index in [-0.39, 0.29) is 17.1 Å². The Morgan fingerprint density at radius 3 is 2.55 bits per heavy atom. The van der Waals surface area contributed by atoms with Crippen molar-refractivity contribution in [3.05, 3.63) is 51.9 Å². The third-order valence-corrected chi connectivity index (χ3v) is 6.63. The lowest BCUT2D eigenvalue weighted by Gasteiger charge is -2.39. The molecule has 0 aromatic heterocycles. The van der Waals surface area contributed by atoms with Gasteiger partial charge in [-0.15, -0.1) is 0 Å². The number of thioether (sulfide) groups is 1. The Balaban J connectivity index is 1.85. The molecule has 31 heavy (non-hydrogen) atoms. The summed E-state index contributed by atoms with van der Waals surface area (Å²) in [5.41, 5.74) is 4.82. The molecule has 0 aliphatic carbocycles. The fraction of sp³-hybridized carbons (Fsp3) is 0.292. The van der Waals surface area contributed by atoms with Crippen LogP contribution in [0.4, 0.5) is 10.5 Å². The largest absolute Gasteiger partial charge is 0.507 e. The summed E-state index contributed by atoms with van der Waals surface area (Å²) in [4.78, 5) is 38.1. The summed E-state index contributed by atoms with van der Waals surface area (Å²) < 4.78 is 0. The smallest absolute Gasteiger partial charge is 0.290 e. The first-order chi connectivity index (χ1) is 14.6. The molecule has 0 radical (unpaired) electrons. The van der Waals surface area contributed by atoms with E-state index in [1.807, 2.05) is 19.9 Å². The molecular weight excluding hydrogens is 412 g/mol. The third kappa shape index (κ3) is 3.74. The number of hydrogen-bond donors (Lipinski definition) is 2. The van der Waals surface area contributed by atoms with E-state index in [0.717, 1.165) is 34.1 Å². The highest BCUT2D eigenvalue weighted by atomic mass is 32.2. The monoisotopic (exact) mass is 436 g/mol. The fourth-order valence-corrected chi connectivity index (χ4v) is 4.92. The zero-order valence-corrected chi connectivity index (χ0v) is 18.7. The number of amides is 3. The summed E-state index contributed by atoms with van der Waals surface area (Å²) in [6.45, 7) is 8.66. The Bertz CT molecular complexity index is 1170. The van der Waals surface area contributed by atoms with E-state index in [1.54, 1.807) is 29.2 Å². The van der Waals surface area contributed by atoms with Gasteiger partial charge in [0.05, 0.1) is 4.91 Å². The SMILES string of the molecule is CCN1C(=O)CC(C)(C)c2cc(C)c(-c3cc(/C=C4\SC(=O)NC4=O)ccc3O)cc21. The number of carbonyl (C=O) groups excluding carboxylic acids is 3. The van der Waals surface area contributed by atoms with Gasteiger partial charge in [0, 0.05) is 29.6 Å². The summed E-state index contributed by atoms with van der Waals surface area (Å²) in [5, 5.41) is 12.5. The topological polar surface area (TPSA) is 86.7 Å². The lowest BCUT2D eigenvalue weighted by molar-refractivity contribution is -0.120. The lowest BCUT2D eigenvalue weighted by atomic mass is 9.75. The van der Waals surface area contributed by atoms with E-state index in [9.17, 15) is 19.5 Å². The van der Waals surface area contributed by atoms with Gasteiger partial charge in [-0.3, -0.25) is 19.7 Å². The van der Waals surface area contributed by atoms with Gasteiger partial charge in [0.1, 0.15) is 5.75 Å². The first-order valence-corrected chi connectivity index (χ1v) is 11.0. The molecule has 6 nitrogen and oxygen atoms in total. The van der Waals surface area contributed by atoms with Crippen molar-refractivity contribution in [2.75, 3.05) is 11.4 Å². The number of rotatable bonds is 3. The third-order valence-electron chi connectivity index (χ3n) is 5.82. The van der Waals surface area contributed by atoms with Crippen LogP contribution in [0.3, 0.4) is 0 Å². The average Bonchev–Trinajstić information content (AvgIpc) is 3.00. The predicted molar refractivity (Wildman–Crippen MR) is 123 cm³/mol. The molecule has 160 valence electrons. The molecule has 0 saturated carbocycles. The van der Waals surface area contributed by atoms with Gasteiger partial charge >= 0.3 is 0 Å². The second-order valence-electron chi connectivity index (χ2n) is 8.51. The van der Waals surface area contributed by atoms with E-state index >= 15 is 0 Å². The van der Waals surface area contributed by atoms with Crippen molar-refractivity contribution in [3.8, 4) is 16.9 Å². The van der Waals surface area contributed by atoms with Crippen LogP contribution in [0.25, 0.3) is 17.2 Å². The molecule has 2 N–H and O–H groups in total. The number of anilines is 1. The molecule has 4 rings (SSSR count). The number of nitrogens with zero attached hydrogens (tertiary/aromatic N) is 1. The maximum absolute atomic E-state index is 12.7. The van der Waals surface area contributed by atoms with Gasteiger partial charge < -0.3 is 10.0 Å². The Morgan fingerprint density at radius 2 is 1.90 bits per heavy atom. The molecule has 2 aliphatic rings. The highest BCUT2D eigenvalue weighted by Gasteiger charge is 2.36. The highest BCUT2D eigenvalue weighted by Crippen LogP contribution is 2.44. The molecule has 7 heteroatoms. The number of fused-ring (bicyclic) bond motifs is 1. The normalized spacial score (nSPS) is 19.0. The van der Waals surface area contributed by atoms with Crippen LogP contribution >= 0.6 is 11.8 Å². The first kappa shape index (κ1) is 21.2. The van der Waals surface area contributed by atoms with Crippen LogP contribution in [0.2, 0.25) is 0 Å². The number of phenolic OH excluding ortho intramolecular Hbond substituents is 1. The number of phenols is 1. The van der Waals surface area contributed by atoms with Crippen LogP contribution in [-0.2, 0) is 15.0 Å². The average molecular weight is 437 g/mol. The molecule has 2 aromatic rings. The van der Waals surface area contributed by atoms with Crippen LogP contribution in [0.15, 0.2) is 35.2 Å². The van der Waals surface area contributed by atoms with Crippen molar-refractivity contribution in [1.29, 1.82) is 0 Å². The molecule has 0 bridgehead atoms. The Morgan fingerprint density at radius 1 is 1.16 bits per heavy atom. The van der Waals surface area contributed by atoms with E-state index in [0.29, 0.717) is 29.0 Å². The highest BCUT2D eigenvalue weighted by molar-refractivity contribution is 8.18. The summed E-state index contributed by atoms with van der Waals surface area (Å²) in [7, 11) is 0. The molecule has 0 spiro atoms. The molecule has 2 aromatic carbocycles. The van der Waals surface area contributed by atoms with Gasteiger partial charge in [-0.1, -0.05) is 26.0 Å². The second kappa shape index (κ2) is 7.57.